The summed E-state index contributed by atoms with van der Waals surface area (Å²) >= 11 is 0. The third-order valence-corrected chi connectivity index (χ3v) is 4.87. The smallest absolute Gasteiger partial charge is 0.129 e. The molecule has 0 bridgehead atoms. The monoisotopic (exact) mass is 313 g/mol. The standard InChI is InChI=1S/C20H24FNO/c1-2-16-8-9-19(21)18(14-16)20(23)10-12-22(13-11-20)15-17-6-4-3-5-7-17/h3-9,14,23H,2,10-13,15H2,1H3. The van der Waals surface area contributed by atoms with Gasteiger partial charge in [0.15, 0.2) is 0 Å². The van der Waals surface area contributed by atoms with Gasteiger partial charge in [0.2, 0.25) is 0 Å². The van der Waals surface area contributed by atoms with Crippen molar-refractivity contribution in [1.29, 1.82) is 0 Å². The average Bonchev–Trinajstić information content (AvgIpc) is 2.58. The van der Waals surface area contributed by atoms with Gasteiger partial charge in [-0.2, -0.15) is 0 Å². The Hall–Kier alpha value is -1.71. The summed E-state index contributed by atoms with van der Waals surface area (Å²) in [5.41, 5.74) is 1.78. The van der Waals surface area contributed by atoms with Crippen molar-refractivity contribution in [3.8, 4) is 0 Å². The van der Waals surface area contributed by atoms with Crippen LogP contribution in [0.2, 0.25) is 0 Å². The molecule has 0 saturated carbocycles. The van der Waals surface area contributed by atoms with Crippen LogP contribution in [0.5, 0.6) is 0 Å². The van der Waals surface area contributed by atoms with Gasteiger partial charge >= 0.3 is 0 Å². The molecule has 1 aliphatic rings. The molecule has 1 heterocycles. The van der Waals surface area contributed by atoms with Gasteiger partial charge < -0.3 is 5.11 Å². The number of hydrogen-bond donors (Lipinski definition) is 1. The number of halogens is 1. The normalized spacial score (nSPS) is 18.0. The Morgan fingerprint density at radius 1 is 1.04 bits per heavy atom. The van der Waals surface area contributed by atoms with E-state index in [1.165, 1.54) is 11.6 Å². The number of benzene rings is 2. The van der Waals surface area contributed by atoms with Gasteiger partial charge in [-0.3, -0.25) is 4.90 Å². The number of aryl methyl sites for hydroxylation is 1. The number of piperidine rings is 1. The summed E-state index contributed by atoms with van der Waals surface area (Å²) < 4.78 is 14.2. The van der Waals surface area contributed by atoms with Crippen molar-refractivity contribution in [2.24, 2.45) is 0 Å². The van der Waals surface area contributed by atoms with E-state index < -0.39 is 5.60 Å². The van der Waals surface area contributed by atoms with Gasteiger partial charge in [-0.05, 0) is 42.5 Å². The lowest BCUT2D eigenvalue weighted by atomic mass is 9.83. The zero-order valence-corrected chi connectivity index (χ0v) is 13.6. The first-order chi connectivity index (χ1) is 11.1. The van der Waals surface area contributed by atoms with Crippen LogP contribution in [0, 0.1) is 5.82 Å². The maximum Gasteiger partial charge on any atom is 0.129 e. The van der Waals surface area contributed by atoms with Crippen LogP contribution in [0.15, 0.2) is 48.5 Å². The molecule has 2 aromatic rings. The summed E-state index contributed by atoms with van der Waals surface area (Å²) in [6, 6.07) is 15.5. The van der Waals surface area contributed by atoms with Crippen LogP contribution in [-0.4, -0.2) is 23.1 Å². The van der Waals surface area contributed by atoms with Crippen molar-refractivity contribution in [3.63, 3.8) is 0 Å². The molecule has 0 unspecified atom stereocenters. The number of hydrogen-bond acceptors (Lipinski definition) is 2. The van der Waals surface area contributed by atoms with Crippen molar-refractivity contribution in [3.05, 3.63) is 71.0 Å². The summed E-state index contributed by atoms with van der Waals surface area (Å²) in [4.78, 5) is 2.32. The van der Waals surface area contributed by atoms with Crippen LogP contribution in [0.3, 0.4) is 0 Å². The highest BCUT2D eigenvalue weighted by atomic mass is 19.1. The minimum absolute atomic E-state index is 0.291. The van der Waals surface area contributed by atoms with Gasteiger partial charge in [0.25, 0.3) is 0 Å². The molecule has 3 heteroatoms. The Bertz CT molecular complexity index is 648. The van der Waals surface area contributed by atoms with Crippen molar-refractivity contribution < 1.29 is 9.50 Å². The zero-order chi connectivity index (χ0) is 16.3. The Morgan fingerprint density at radius 2 is 1.74 bits per heavy atom. The molecular formula is C20H24FNO. The van der Waals surface area contributed by atoms with E-state index in [-0.39, 0.29) is 5.82 Å². The highest BCUT2D eigenvalue weighted by Crippen LogP contribution is 2.35. The molecule has 1 fully saturated rings. The fraction of sp³-hybridized carbons (Fsp3) is 0.400. The van der Waals surface area contributed by atoms with E-state index in [0.717, 1.165) is 31.6 Å². The first-order valence-corrected chi connectivity index (χ1v) is 8.38. The first-order valence-electron chi connectivity index (χ1n) is 8.38. The fourth-order valence-electron chi connectivity index (χ4n) is 3.34. The quantitative estimate of drug-likeness (QED) is 0.926. The van der Waals surface area contributed by atoms with E-state index in [9.17, 15) is 9.50 Å². The first kappa shape index (κ1) is 16.2. The van der Waals surface area contributed by atoms with Gasteiger partial charge in [-0.15, -0.1) is 0 Å². The van der Waals surface area contributed by atoms with E-state index in [1.54, 1.807) is 6.07 Å². The molecule has 0 aliphatic carbocycles. The second kappa shape index (κ2) is 6.81. The van der Waals surface area contributed by atoms with E-state index in [0.29, 0.717) is 18.4 Å². The molecule has 2 nitrogen and oxygen atoms in total. The lowest BCUT2D eigenvalue weighted by molar-refractivity contribution is -0.0303. The Morgan fingerprint density at radius 3 is 2.39 bits per heavy atom. The third-order valence-electron chi connectivity index (χ3n) is 4.87. The van der Waals surface area contributed by atoms with Crippen LogP contribution in [-0.2, 0) is 18.6 Å². The molecule has 1 aliphatic heterocycles. The fourth-order valence-corrected chi connectivity index (χ4v) is 3.34. The minimum atomic E-state index is -1.04. The lowest BCUT2D eigenvalue weighted by Crippen LogP contribution is -2.42. The summed E-state index contributed by atoms with van der Waals surface area (Å²) in [6.45, 7) is 4.49. The molecule has 2 aromatic carbocycles. The Kier molecular flexibility index (Phi) is 4.79. The summed E-state index contributed by atoms with van der Waals surface area (Å²) in [5.74, 6) is -0.291. The summed E-state index contributed by atoms with van der Waals surface area (Å²) in [5, 5.41) is 11.0. The Balaban J connectivity index is 1.70. The molecule has 1 saturated heterocycles. The lowest BCUT2D eigenvalue weighted by Gasteiger charge is -2.38. The van der Waals surface area contributed by atoms with Crippen LogP contribution in [0.25, 0.3) is 0 Å². The van der Waals surface area contributed by atoms with E-state index in [1.807, 2.05) is 31.2 Å². The van der Waals surface area contributed by atoms with Gasteiger partial charge in [0, 0.05) is 25.2 Å². The number of aliphatic hydroxyl groups is 1. The molecule has 122 valence electrons. The van der Waals surface area contributed by atoms with Gasteiger partial charge in [-0.1, -0.05) is 43.3 Å². The molecule has 0 amide bonds. The number of nitrogens with zero attached hydrogens (tertiary/aromatic N) is 1. The maximum absolute atomic E-state index is 14.2. The highest BCUT2D eigenvalue weighted by Gasteiger charge is 2.36. The van der Waals surface area contributed by atoms with Crippen molar-refractivity contribution >= 4 is 0 Å². The molecule has 0 spiro atoms. The van der Waals surface area contributed by atoms with Crippen LogP contribution >= 0.6 is 0 Å². The van der Waals surface area contributed by atoms with Crippen LogP contribution < -0.4 is 0 Å². The zero-order valence-electron chi connectivity index (χ0n) is 13.6. The molecular weight excluding hydrogens is 289 g/mol. The van der Waals surface area contributed by atoms with E-state index in [2.05, 4.69) is 17.0 Å². The van der Waals surface area contributed by atoms with Crippen molar-refractivity contribution in [1.82, 2.24) is 4.90 Å². The molecule has 23 heavy (non-hydrogen) atoms. The third kappa shape index (κ3) is 3.62. The number of likely N-dealkylation sites (tertiary alicyclic amines) is 1. The van der Waals surface area contributed by atoms with Crippen molar-refractivity contribution in [2.45, 2.75) is 38.3 Å². The number of rotatable bonds is 4. The molecule has 0 aromatic heterocycles. The molecule has 0 radical (unpaired) electrons. The van der Waals surface area contributed by atoms with Crippen LogP contribution in [0.1, 0.15) is 36.5 Å². The minimum Gasteiger partial charge on any atom is -0.385 e. The van der Waals surface area contributed by atoms with Crippen LogP contribution in [0.4, 0.5) is 4.39 Å². The van der Waals surface area contributed by atoms with E-state index in [4.69, 9.17) is 0 Å². The molecule has 0 atom stereocenters. The second-order valence-corrected chi connectivity index (χ2v) is 6.46. The molecule has 3 rings (SSSR count). The topological polar surface area (TPSA) is 23.5 Å². The predicted molar refractivity (Wildman–Crippen MR) is 90.6 cm³/mol. The summed E-state index contributed by atoms with van der Waals surface area (Å²) in [6.07, 6.45) is 2.00. The largest absolute Gasteiger partial charge is 0.385 e. The highest BCUT2D eigenvalue weighted by molar-refractivity contribution is 5.30. The predicted octanol–water partition coefficient (Wildman–Crippen LogP) is 3.87. The van der Waals surface area contributed by atoms with Crippen molar-refractivity contribution in [2.75, 3.05) is 13.1 Å². The average molecular weight is 313 g/mol. The maximum atomic E-state index is 14.2. The van der Waals surface area contributed by atoms with Gasteiger partial charge in [0.05, 0.1) is 5.60 Å². The Labute approximate surface area is 137 Å². The SMILES string of the molecule is CCc1ccc(F)c(C2(O)CCN(Cc3ccccc3)CC2)c1. The second-order valence-electron chi connectivity index (χ2n) is 6.46. The van der Waals surface area contributed by atoms with Gasteiger partial charge in [0.1, 0.15) is 5.82 Å². The molecule has 1 N–H and O–H groups in total. The van der Waals surface area contributed by atoms with Gasteiger partial charge in [-0.25, -0.2) is 4.39 Å². The van der Waals surface area contributed by atoms with E-state index >= 15 is 0 Å². The summed E-state index contributed by atoms with van der Waals surface area (Å²) in [7, 11) is 0.